The molecule has 1 aromatic carbocycles. The summed E-state index contributed by atoms with van der Waals surface area (Å²) in [4.78, 5) is 4.94. The zero-order chi connectivity index (χ0) is 12.3. The van der Waals surface area contributed by atoms with Crippen molar-refractivity contribution in [1.82, 2.24) is 4.98 Å². The minimum Gasteiger partial charge on any atom is -0.488 e. The van der Waals surface area contributed by atoms with Gasteiger partial charge in [0.1, 0.15) is 18.2 Å². The van der Waals surface area contributed by atoms with Gasteiger partial charge in [-0.3, -0.25) is 4.98 Å². The number of nitrogens with zero attached hydrogens (tertiary/aromatic N) is 1. The summed E-state index contributed by atoms with van der Waals surface area (Å²) in [6.45, 7) is 2.22. The molecule has 5 heteroatoms. The summed E-state index contributed by atoms with van der Waals surface area (Å²) in [5, 5.41) is 0. The molecule has 0 aliphatic carbocycles. The molecule has 90 valence electrons. The van der Waals surface area contributed by atoms with Crippen molar-refractivity contribution in [2.45, 2.75) is 19.6 Å². The van der Waals surface area contributed by atoms with E-state index in [1.807, 2.05) is 6.92 Å². The Morgan fingerprint density at radius 3 is 3.00 bits per heavy atom. The Balaban J connectivity index is 2.16. The number of thiazole rings is 1. The summed E-state index contributed by atoms with van der Waals surface area (Å²) < 4.78 is 18.7. The van der Waals surface area contributed by atoms with Crippen molar-refractivity contribution in [2.24, 2.45) is 5.73 Å². The second-order valence-corrected chi connectivity index (χ2v) is 4.70. The highest BCUT2D eigenvalue weighted by Gasteiger charge is 2.09. The van der Waals surface area contributed by atoms with E-state index in [9.17, 15) is 4.39 Å². The van der Waals surface area contributed by atoms with Gasteiger partial charge in [0.15, 0.2) is 0 Å². The smallest absolute Gasteiger partial charge is 0.127 e. The first-order valence-electron chi connectivity index (χ1n) is 5.22. The number of hydrogen-bond donors (Lipinski definition) is 1. The summed E-state index contributed by atoms with van der Waals surface area (Å²) in [5.41, 5.74) is 8.34. The summed E-state index contributed by atoms with van der Waals surface area (Å²) in [5.74, 6) is 0.169. The van der Waals surface area contributed by atoms with Crippen molar-refractivity contribution >= 4 is 11.3 Å². The van der Waals surface area contributed by atoms with E-state index < -0.39 is 0 Å². The lowest BCUT2D eigenvalue weighted by Crippen LogP contribution is -2.08. The standard InChI is InChI=1S/C12H13FN2OS/c1-8(14)11-3-2-9(13)4-12(11)16-6-10-5-15-7-17-10/h2-5,7-8H,6,14H2,1H3. The maximum Gasteiger partial charge on any atom is 0.127 e. The van der Waals surface area contributed by atoms with Gasteiger partial charge in [0.2, 0.25) is 0 Å². The van der Waals surface area contributed by atoms with Gasteiger partial charge in [-0.05, 0) is 13.0 Å². The van der Waals surface area contributed by atoms with Gasteiger partial charge in [0.25, 0.3) is 0 Å². The second-order valence-electron chi connectivity index (χ2n) is 3.73. The fraction of sp³-hybridized carbons (Fsp3) is 0.250. The van der Waals surface area contributed by atoms with Gasteiger partial charge in [0.05, 0.1) is 10.4 Å². The van der Waals surface area contributed by atoms with Gasteiger partial charge in [-0.1, -0.05) is 6.07 Å². The van der Waals surface area contributed by atoms with Crippen LogP contribution in [0.1, 0.15) is 23.4 Å². The van der Waals surface area contributed by atoms with Crippen LogP contribution in [0.3, 0.4) is 0 Å². The Morgan fingerprint density at radius 1 is 1.53 bits per heavy atom. The first-order chi connectivity index (χ1) is 8.16. The third-order valence-corrected chi connectivity index (χ3v) is 3.07. The average Bonchev–Trinajstić information content (AvgIpc) is 2.78. The van der Waals surface area contributed by atoms with Crippen molar-refractivity contribution in [3.63, 3.8) is 0 Å². The lowest BCUT2D eigenvalue weighted by Gasteiger charge is -2.13. The predicted molar refractivity (Wildman–Crippen MR) is 65.4 cm³/mol. The zero-order valence-electron chi connectivity index (χ0n) is 9.39. The lowest BCUT2D eigenvalue weighted by atomic mass is 10.1. The van der Waals surface area contributed by atoms with Gasteiger partial charge < -0.3 is 10.5 Å². The molecule has 0 radical (unpaired) electrons. The summed E-state index contributed by atoms with van der Waals surface area (Å²) in [6.07, 6.45) is 1.73. The fourth-order valence-corrected chi connectivity index (χ4v) is 1.98. The van der Waals surface area contributed by atoms with E-state index in [0.29, 0.717) is 12.4 Å². The van der Waals surface area contributed by atoms with Crippen LogP contribution in [-0.4, -0.2) is 4.98 Å². The molecule has 1 unspecified atom stereocenters. The van der Waals surface area contributed by atoms with Crippen LogP contribution in [0.15, 0.2) is 29.9 Å². The Kier molecular flexibility index (Phi) is 3.71. The molecule has 2 N–H and O–H groups in total. The van der Waals surface area contributed by atoms with Gasteiger partial charge in [-0.15, -0.1) is 11.3 Å². The van der Waals surface area contributed by atoms with Crippen molar-refractivity contribution in [3.8, 4) is 5.75 Å². The number of rotatable bonds is 4. The van der Waals surface area contributed by atoms with Gasteiger partial charge in [-0.25, -0.2) is 4.39 Å². The zero-order valence-corrected chi connectivity index (χ0v) is 10.2. The molecule has 0 aliphatic heterocycles. The molecule has 1 aromatic heterocycles. The molecule has 0 bridgehead atoms. The number of benzene rings is 1. The normalized spacial score (nSPS) is 12.4. The Hall–Kier alpha value is -1.46. The Morgan fingerprint density at radius 2 is 2.35 bits per heavy atom. The van der Waals surface area contributed by atoms with Crippen LogP contribution in [-0.2, 0) is 6.61 Å². The number of ether oxygens (including phenoxy) is 1. The summed E-state index contributed by atoms with van der Waals surface area (Å²) >= 11 is 1.50. The van der Waals surface area contributed by atoms with Crippen LogP contribution in [0, 0.1) is 5.82 Å². The third-order valence-electron chi connectivity index (χ3n) is 2.32. The summed E-state index contributed by atoms with van der Waals surface area (Å²) in [6, 6.07) is 4.21. The lowest BCUT2D eigenvalue weighted by molar-refractivity contribution is 0.303. The van der Waals surface area contributed by atoms with Gasteiger partial charge in [-0.2, -0.15) is 0 Å². The molecule has 3 nitrogen and oxygen atoms in total. The van der Waals surface area contributed by atoms with Crippen molar-refractivity contribution < 1.29 is 9.13 Å². The van der Waals surface area contributed by atoms with Crippen LogP contribution in [0.2, 0.25) is 0 Å². The largest absolute Gasteiger partial charge is 0.488 e. The Labute approximate surface area is 103 Å². The highest BCUT2D eigenvalue weighted by atomic mass is 32.1. The third kappa shape index (κ3) is 3.01. The molecule has 1 heterocycles. The molecule has 0 amide bonds. The monoisotopic (exact) mass is 252 g/mol. The van der Waals surface area contributed by atoms with Crippen LogP contribution in [0.25, 0.3) is 0 Å². The summed E-state index contributed by atoms with van der Waals surface area (Å²) in [7, 11) is 0. The Bertz CT molecular complexity index is 485. The molecule has 17 heavy (non-hydrogen) atoms. The van der Waals surface area contributed by atoms with Gasteiger partial charge in [0, 0.05) is 23.9 Å². The maximum atomic E-state index is 13.1. The van der Waals surface area contributed by atoms with Crippen LogP contribution in [0.4, 0.5) is 4.39 Å². The van der Waals surface area contributed by atoms with E-state index in [1.54, 1.807) is 17.8 Å². The number of aromatic nitrogens is 1. The first kappa shape index (κ1) is 12.0. The highest BCUT2D eigenvalue weighted by molar-refractivity contribution is 7.09. The second kappa shape index (κ2) is 5.25. The first-order valence-corrected chi connectivity index (χ1v) is 6.10. The van der Waals surface area contributed by atoms with E-state index in [-0.39, 0.29) is 11.9 Å². The minimum absolute atomic E-state index is 0.188. The molecule has 0 spiro atoms. The fourth-order valence-electron chi connectivity index (χ4n) is 1.47. The van der Waals surface area contributed by atoms with E-state index in [2.05, 4.69) is 4.98 Å². The maximum absolute atomic E-state index is 13.1. The molecule has 0 saturated carbocycles. The van der Waals surface area contributed by atoms with E-state index >= 15 is 0 Å². The van der Waals surface area contributed by atoms with Crippen LogP contribution in [0.5, 0.6) is 5.75 Å². The highest BCUT2D eigenvalue weighted by Crippen LogP contribution is 2.26. The SMILES string of the molecule is CC(N)c1ccc(F)cc1OCc1cncs1. The molecule has 0 saturated heterocycles. The van der Waals surface area contributed by atoms with Crippen molar-refractivity contribution in [1.29, 1.82) is 0 Å². The van der Waals surface area contributed by atoms with Gasteiger partial charge >= 0.3 is 0 Å². The predicted octanol–water partition coefficient (Wildman–Crippen LogP) is 2.88. The van der Waals surface area contributed by atoms with E-state index in [1.165, 1.54) is 23.5 Å². The molecule has 2 aromatic rings. The number of hydrogen-bond acceptors (Lipinski definition) is 4. The number of nitrogens with two attached hydrogens (primary N) is 1. The topological polar surface area (TPSA) is 48.1 Å². The van der Waals surface area contributed by atoms with Crippen LogP contribution < -0.4 is 10.5 Å². The van der Waals surface area contributed by atoms with Crippen molar-refractivity contribution in [3.05, 3.63) is 46.2 Å². The van der Waals surface area contributed by atoms with Crippen LogP contribution >= 0.6 is 11.3 Å². The molecule has 0 fully saturated rings. The molecule has 0 aliphatic rings. The molecule has 2 rings (SSSR count). The molecular weight excluding hydrogens is 239 g/mol. The minimum atomic E-state index is -0.325. The average molecular weight is 252 g/mol. The van der Waals surface area contributed by atoms with E-state index in [0.717, 1.165) is 10.4 Å². The van der Waals surface area contributed by atoms with Crippen molar-refractivity contribution in [2.75, 3.05) is 0 Å². The van der Waals surface area contributed by atoms with E-state index in [4.69, 9.17) is 10.5 Å². The molecular formula is C12H13FN2OS. The quantitative estimate of drug-likeness (QED) is 0.910. The molecule has 1 atom stereocenters. The number of halogens is 1.